The van der Waals surface area contributed by atoms with Crippen molar-refractivity contribution in [2.75, 3.05) is 5.73 Å². The van der Waals surface area contributed by atoms with Gasteiger partial charge in [-0.25, -0.2) is 5.43 Å². The minimum atomic E-state index is -0.250. The molecule has 1 aromatic carbocycles. The molecule has 0 spiro atoms. The highest BCUT2D eigenvalue weighted by Gasteiger charge is 2.06. The van der Waals surface area contributed by atoms with Gasteiger partial charge in [-0.3, -0.25) is 4.79 Å². The standard InChI is InChI=1S/C12H13N5OS/c1-8-2-4-9(5-3-8)7-14-15-10(18)6-11-16-17-12(13)19-11/h2-5,7H,6H2,1H3,(H2,13,17)(H,15,18)/b14-7-. The van der Waals surface area contributed by atoms with Crippen LogP contribution in [0.5, 0.6) is 0 Å². The summed E-state index contributed by atoms with van der Waals surface area (Å²) in [5.74, 6) is -0.250. The van der Waals surface area contributed by atoms with Crippen LogP contribution in [0, 0.1) is 6.92 Å². The third-order valence-corrected chi connectivity index (χ3v) is 3.03. The van der Waals surface area contributed by atoms with Crippen LogP contribution in [0.2, 0.25) is 0 Å². The summed E-state index contributed by atoms with van der Waals surface area (Å²) < 4.78 is 0. The van der Waals surface area contributed by atoms with E-state index in [-0.39, 0.29) is 12.3 Å². The summed E-state index contributed by atoms with van der Waals surface area (Å²) in [7, 11) is 0. The number of nitrogen functional groups attached to an aromatic ring is 1. The second-order valence-electron chi connectivity index (χ2n) is 3.91. The van der Waals surface area contributed by atoms with Crippen molar-refractivity contribution in [3.05, 3.63) is 40.4 Å². The molecule has 19 heavy (non-hydrogen) atoms. The van der Waals surface area contributed by atoms with Gasteiger partial charge in [0.1, 0.15) is 5.01 Å². The minimum absolute atomic E-state index is 0.125. The molecule has 0 fully saturated rings. The van der Waals surface area contributed by atoms with E-state index in [2.05, 4.69) is 20.7 Å². The van der Waals surface area contributed by atoms with Gasteiger partial charge in [0.05, 0.1) is 12.6 Å². The van der Waals surface area contributed by atoms with E-state index in [1.165, 1.54) is 16.9 Å². The van der Waals surface area contributed by atoms with Crippen LogP contribution in [0.3, 0.4) is 0 Å². The molecule has 1 aromatic heterocycles. The average molecular weight is 275 g/mol. The number of benzene rings is 1. The number of amides is 1. The molecule has 2 aromatic rings. The lowest BCUT2D eigenvalue weighted by atomic mass is 10.2. The molecule has 0 aliphatic carbocycles. The van der Waals surface area contributed by atoms with Crippen molar-refractivity contribution >= 4 is 28.6 Å². The Morgan fingerprint density at radius 2 is 2.16 bits per heavy atom. The minimum Gasteiger partial charge on any atom is -0.374 e. The lowest BCUT2D eigenvalue weighted by Gasteiger charge is -1.97. The number of nitrogens with one attached hydrogen (secondary N) is 1. The summed E-state index contributed by atoms with van der Waals surface area (Å²) in [5.41, 5.74) is 9.96. The maximum Gasteiger partial charge on any atom is 0.247 e. The van der Waals surface area contributed by atoms with E-state index in [0.29, 0.717) is 10.1 Å². The van der Waals surface area contributed by atoms with Crippen LogP contribution in [0.25, 0.3) is 0 Å². The Morgan fingerprint density at radius 3 is 2.79 bits per heavy atom. The van der Waals surface area contributed by atoms with E-state index in [0.717, 1.165) is 5.56 Å². The van der Waals surface area contributed by atoms with Gasteiger partial charge in [0.25, 0.3) is 0 Å². The monoisotopic (exact) mass is 275 g/mol. The highest BCUT2D eigenvalue weighted by molar-refractivity contribution is 7.15. The van der Waals surface area contributed by atoms with Gasteiger partial charge in [0, 0.05) is 0 Å². The van der Waals surface area contributed by atoms with Gasteiger partial charge in [0.15, 0.2) is 0 Å². The maximum atomic E-state index is 11.5. The van der Waals surface area contributed by atoms with Crippen LogP contribution in [-0.4, -0.2) is 22.3 Å². The molecule has 0 aliphatic heterocycles. The molecule has 2 rings (SSSR count). The van der Waals surface area contributed by atoms with Crippen molar-refractivity contribution in [1.29, 1.82) is 0 Å². The molecule has 1 amide bonds. The normalized spacial score (nSPS) is 10.8. The van der Waals surface area contributed by atoms with Gasteiger partial charge in [-0.2, -0.15) is 5.10 Å². The SMILES string of the molecule is Cc1ccc(/C=N\NC(=O)Cc2nnc(N)s2)cc1. The van der Waals surface area contributed by atoms with Crippen molar-refractivity contribution in [2.24, 2.45) is 5.10 Å². The zero-order valence-corrected chi connectivity index (χ0v) is 11.1. The number of hydrazone groups is 1. The van der Waals surface area contributed by atoms with Crippen LogP contribution in [0.15, 0.2) is 29.4 Å². The van der Waals surface area contributed by atoms with Gasteiger partial charge in [-0.1, -0.05) is 41.2 Å². The molecular formula is C12H13N5OS. The fourth-order valence-electron chi connectivity index (χ4n) is 1.35. The van der Waals surface area contributed by atoms with E-state index in [4.69, 9.17) is 5.73 Å². The Balaban J connectivity index is 1.84. The molecule has 0 bridgehead atoms. The molecule has 3 N–H and O–H groups in total. The van der Waals surface area contributed by atoms with Crippen molar-refractivity contribution in [3.8, 4) is 0 Å². The number of hydrogen-bond donors (Lipinski definition) is 2. The molecule has 0 saturated carbocycles. The summed E-state index contributed by atoms with van der Waals surface area (Å²) in [6.45, 7) is 2.01. The van der Waals surface area contributed by atoms with Gasteiger partial charge in [-0.05, 0) is 12.5 Å². The number of hydrogen-bond acceptors (Lipinski definition) is 6. The molecule has 6 nitrogen and oxygen atoms in total. The van der Waals surface area contributed by atoms with E-state index in [1.54, 1.807) is 6.21 Å². The highest BCUT2D eigenvalue weighted by atomic mass is 32.1. The number of aryl methyl sites for hydroxylation is 1. The Hall–Kier alpha value is -2.28. The molecule has 98 valence electrons. The Kier molecular flexibility index (Phi) is 4.19. The van der Waals surface area contributed by atoms with E-state index >= 15 is 0 Å². The lowest BCUT2D eigenvalue weighted by molar-refractivity contribution is -0.120. The molecule has 0 unspecified atom stereocenters. The first kappa shape index (κ1) is 13.2. The van der Waals surface area contributed by atoms with Crippen LogP contribution < -0.4 is 11.2 Å². The first-order chi connectivity index (χ1) is 9.13. The smallest absolute Gasteiger partial charge is 0.247 e. The average Bonchev–Trinajstić information content (AvgIpc) is 2.77. The second-order valence-corrected chi connectivity index (χ2v) is 5.01. The van der Waals surface area contributed by atoms with Crippen LogP contribution in [0.1, 0.15) is 16.1 Å². The number of aromatic nitrogens is 2. The predicted molar refractivity (Wildman–Crippen MR) is 74.9 cm³/mol. The summed E-state index contributed by atoms with van der Waals surface area (Å²) in [4.78, 5) is 11.5. The van der Waals surface area contributed by atoms with Crippen LogP contribution in [-0.2, 0) is 11.2 Å². The topological polar surface area (TPSA) is 93.3 Å². The Bertz CT molecular complexity index is 590. The van der Waals surface area contributed by atoms with Gasteiger partial charge >= 0.3 is 0 Å². The lowest BCUT2D eigenvalue weighted by Crippen LogP contribution is -2.19. The molecule has 0 radical (unpaired) electrons. The van der Waals surface area contributed by atoms with Crippen molar-refractivity contribution in [2.45, 2.75) is 13.3 Å². The molecule has 0 saturated heterocycles. The third kappa shape index (κ3) is 4.14. The van der Waals surface area contributed by atoms with E-state index in [1.807, 2.05) is 31.2 Å². The summed E-state index contributed by atoms with van der Waals surface area (Å²) in [6, 6.07) is 7.81. The number of nitrogens with zero attached hydrogens (tertiary/aromatic N) is 3. The molecular weight excluding hydrogens is 262 g/mol. The van der Waals surface area contributed by atoms with Gasteiger partial charge < -0.3 is 5.73 Å². The summed E-state index contributed by atoms with van der Waals surface area (Å²) >= 11 is 1.19. The Morgan fingerprint density at radius 1 is 1.42 bits per heavy atom. The zero-order valence-electron chi connectivity index (χ0n) is 10.3. The second kappa shape index (κ2) is 6.05. The number of anilines is 1. The predicted octanol–water partition coefficient (Wildman–Crippen LogP) is 1.12. The third-order valence-electron chi connectivity index (χ3n) is 2.27. The quantitative estimate of drug-likeness (QED) is 0.646. The number of carbonyl (C=O) groups is 1. The van der Waals surface area contributed by atoms with Crippen LogP contribution in [0.4, 0.5) is 5.13 Å². The van der Waals surface area contributed by atoms with Gasteiger partial charge in [0.2, 0.25) is 11.0 Å². The van der Waals surface area contributed by atoms with Crippen LogP contribution >= 0.6 is 11.3 Å². The largest absolute Gasteiger partial charge is 0.374 e. The van der Waals surface area contributed by atoms with E-state index < -0.39 is 0 Å². The Labute approximate surface area is 114 Å². The van der Waals surface area contributed by atoms with Gasteiger partial charge in [-0.15, -0.1) is 10.2 Å². The van der Waals surface area contributed by atoms with Crippen molar-refractivity contribution < 1.29 is 4.79 Å². The molecule has 1 heterocycles. The molecule has 7 heteroatoms. The fraction of sp³-hybridized carbons (Fsp3) is 0.167. The first-order valence-corrected chi connectivity index (χ1v) is 6.41. The first-order valence-electron chi connectivity index (χ1n) is 5.60. The maximum absolute atomic E-state index is 11.5. The van der Waals surface area contributed by atoms with Crippen molar-refractivity contribution in [1.82, 2.24) is 15.6 Å². The van der Waals surface area contributed by atoms with E-state index in [9.17, 15) is 4.79 Å². The summed E-state index contributed by atoms with van der Waals surface area (Å²) in [6.07, 6.45) is 1.71. The number of rotatable bonds is 4. The number of carbonyl (C=O) groups excluding carboxylic acids is 1. The highest BCUT2D eigenvalue weighted by Crippen LogP contribution is 2.10. The van der Waals surface area contributed by atoms with Crippen molar-refractivity contribution in [3.63, 3.8) is 0 Å². The molecule has 0 aliphatic rings. The number of nitrogens with two attached hydrogens (primary N) is 1. The fourth-order valence-corrected chi connectivity index (χ4v) is 1.95. The summed E-state index contributed by atoms with van der Waals surface area (Å²) in [5, 5.41) is 12.2. The molecule has 0 atom stereocenters. The zero-order chi connectivity index (χ0) is 13.7.